The fraction of sp³-hybridized carbons (Fsp3) is 0.286. The first-order valence-corrected chi connectivity index (χ1v) is 6.96. The number of amides is 1. The summed E-state index contributed by atoms with van der Waals surface area (Å²) >= 11 is 3.35. The van der Waals surface area contributed by atoms with E-state index >= 15 is 0 Å². The van der Waals surface area contributed by atoms with Crippen LogP contribution in [0.5, 0.6) is 5.75 Å². The number of aryl methyl sites for hydroxylation is 1. The van der Waals surface area contributed by atoms with Crippen molar-refractivity contribution < 1.29 is 14.1 Å². The third-order valence-electron chi connectivity index (χ3n) is 2.42. The number of hydrogen-bond acceptors (Lipinski definition) is 4. The topological polar surface area (TPSA) is 64.4 Å². The lowest BCUT2D eigenvalue weighted by Gasteiger charge is -2.14. The predicted molar refractivity (Wildman–Crippen MR) is 79.1 cm³/mol. The first kappa shape index (κ1) is 14.6. The van der Waals surface area contributed by atoms with Crippen LogP contribution in [0.3, 0.4) is 0 Å². The van der Waals surface area contributed by atoms with Crippen LogP contribution in [0.15, 0.2) is 33.3 Å². The smallest absolute Gasteiger partial charge is 0.260 e. The van der Waals surface area contributed by atoms with Gasteiger partial charge in [0.05, 0.1) is 11.7 Å². The molecule has 0 unspecified atom stereocenters. The van der Waals surface area contributed by atoms with E-state index in [4.69, 9.17) is 9.26 Å². The minimum absolute atomic E-state index is 0.0166. The number of ether oxygens (including phenoxy) is 1. The fourth-order valence-electron chi connectivity index (χ4n) is 1.65. The number of rotatable bonds is 4. The molecule has 1 N–H and O–H groups in total. The summed E-state index contributed by atoms with van der Waals surface area (Å²) in [6.45, 7) is 5.57. The lowest BCUT2D eigenvalue weighted by Crippen LogP contribution is -2.16. The molecule has 1 amide bonds. The molecular weight excluding hydrogens is 324 g/mol. The minimum Gasteiger partial charge on any atom is -0.490 e. The van der Waals surface area contributed by atoms with Crippen LogP contribution >= 0.6 is 15.9 Å². The van der Waals surface area contributed by atoms with E-state index in [0.29, 0.717) is 22.9 Å². The second kappa shape index (κ2) is 6.09. The molecule has 0 saturated carbocycles. The van der Waals surface area contributed by atoms with Crippen LogP contribution in [0.4, 0.5) is 5.82 Å². The Hall–Kier alpha value is -1.82. The fourth-order valence-corrected chi connectivity index (χ4v) is 2.01. The van der Waals surface area contributed by atoms with Gasteiger partial charge in [0.25, 0.3) is 5.91 Å². The molecule has 0 bridgehead atoms. The molecule has 1 aromatic carbocycles. The predicted octanol–water partition coefficient (Wildman–Crippen LogP) is 3.79. The number of nitrogens with one attached hydrogen (secondary N) is 1. The number of hydrogen-bond donors (Lipinski definition) is 1. The zero-order valence-electron chi connectivity index (χ0n) is 11.4. The Labute approximate surface area is 125 Å². The quantitative estimate of drug-likeness (QED) is 0.921. The molecule has 0 aliphatic heterocycles. The average molecular weight is 339 g/mol. The van der Waals surface area contributed by atoms with Crippen LogP contribution in [0, 0.1) is 6.92 Å². The number of aromatic nitrogens is 1. The molecule has 0 aliphatic rings. The van der Waals surface area contributed by atoms with Gasteiger partial charge in [-0.15, -0.1) is 0 Å². The van der Waals surface area contributed by atoms with Crippen LogP contribution in [-0.4, -0.2) is 17.2 Å². The van der Waals surface area contributed by atoms with Crippen LogP contribution in [0.25, 0.3) is 0 Å². The van der Waals surface area contributed by atoms with E-state index in [1.54, 1.807) is 25.1 Å². The van der Waals surface area contributed by atoms with Crippen molar-refractivity contribution in [1.29, 1.82) is 0 Å². The van der Waals surface area contributed by atoms with E-state index in [1.807, 2.05) is 19.9 Å². The van der Waals surface area contributed by atoms with Gasteiger partial charge in [-0.2, -0.15) is 0 Å². The van der Waals surface area contributed by atoms with Crippen LogP contribution in [0.2, 0.25) is 0 Å². The Morgan fingerprint density at radius 3 is 2.75 bits per heavy atom. The highest BCUT2D eigenvalue weighted by atomic mass is 79.9. The van der Waals surface area contributed by atoms with Gasteiger partial charge in [0.15, 0.2) is 5.82 Å². The molecule has 1 aromatic heterocycles. The highest BCUT2D eigenvalue weighted by Crippen LogP contribution is 2.25. The Kier molecular flexibility index (Phi) is 4.44. The van der Waals surface area contributed by atoms with Gasteiger partial charge in [-0.25, -0.2) is 0 Å². The van der Waals surface area contributed by atoms with E-state index in [0.717, 1.165) is 4.47 Å². The molecule has 106 valence electrons. The van der Waals surface area contributed by atoms with Crippen molar-refractivity contribution >= 4 is 27.7 Å². The molecule has 0 saturated heterocycles. The third kappa shape index (κ3) is 3.60. The SMILES string of the molecule is Cc1cc(NC(=O)c2cc(Br)ccc2OC(C)C)no1. The number of nitrogens with zero attached hydrogens (tertiary/aromatic N) is 1. The third-order valence-corrected chi connectivity index (χ3v) is 2.91. The van der Waals surface area contributed by atoms with Crippen molar-refractivity contribution in [1.82, 2.24) is 5.16 Å². The van der Waals surface area contributed by atoms with Crippen molar-refractivity contribution in [2.45, 2.75) is 26.9 Å². The van der Waals surface area contributed by atoms with Gasteiger partial charge >= 0.3 is 0 Å². The lowest BCUT2D eigenvalue weighted by molar-refractivity contribution is 0.102. The molecule has 1 heterocycles. The zero-order valence-corrected chi connectivity index (χ0v) is 13.0. The Morgan fingerprint density at radius 1 is 1.40 bits per heavy atom. The Bertz CT molecular complexity index is 623. The Morgan fingerprint density at radius 2 is 2.15 bits per heavy atom. The maximum Gasteiger partial charge on any atom is 0.260 e. The van der Waals surface area contributed by atoms with Crippen LogP contribution < -0.4 is 10.1 Å². The van der Waals surface area contributed by atoms with Gasteiger partial charge in [0.2, 0.25) is 0 Å². The summed E-state index contributed by atoms with van der Waals surface area (Å²) in [5.41, 5.74) is 0.439. The van der Waals surface area contributed by atoms with Crippen molar-refractivity contribution in [3.63, 3.8) is 0 Å². The first-order chi connectivity index (χ1) is 9.45. The number of halogens is 1. The van der Waals surface area contributed by atoms with E-state index in [1.165, 1.54) is 0 Å². The molecule has 0 aliphatic carbocycles. The maximum atomic E-state index is 12.3. The molecule has 0 atom stereocenters. The van der Waals surface area contributed by atoms with Crippen LogP contribution in [0.1, 0.15) is 30.0 Å². The molecule has 2 aromatic rings. The average Bonchev–Trinajstić information content (AvgIpc) is 2.76. The summed E-state index contributed by atoms with van der Waals surface area (Å²) in [4.78, 5) is 12.3. The monoisotopic (exact) mass is 338 g/mol. The van der Waals surface area contributed by atoms with Gasteiger partial charge in [0, 0.05) is 10.5 Å². The van der Waals surface area contributed by atoms with Crippen LogP contribution in [-0.2, 0) is 0 Å². The maximum absolute atomic E-state index is 12.3. The van der Waals surface area contributed by atoms with Crippen molar-refractivity contribution in [2.24, 2.45) is 0 Å². The number of benzene rings is 1. The molecule has 0 radical (unpaired) electrons. The molecule has 6 heteroatoms. The summed E-state index contributed by atoms with van der Waals surface area (Å²) in [5, 5.41) is 6.41. The highest BCUT2D eigenvalue weighted by molar-refractivity contribution is 9.10. The minimum atomic E-state index is -0.296. The van der Waals surface area contributed by atoms with E-state index in [9.17, 15) is 4.79 Å². The van der Waals surface area contributed by atoms with Gasteiger partial charge in [-0.3, -0.25) is 4.79 Å². The normalized spacial score (nSPS) is 10.7. The lowest BCUT2D eigenvalue weighted by atomic mass is 10.2. The standard InChI is InChI=1S/C14H15BrN2O3/c1-8(2)19-12-5-4-10(15)7-11(12)14(18)16-13-6-9(3)20-17-13/h4-8H,1-3H3,(H,16,17,18). The molecule has 5 nitrogen and oxygen atoms in total. The van der Waals surface area contributed by atoms with E-state index < -0.39 is 0 Å². The van der Waals surface area contributed by atoms with Gasteiger partial charge < -0.3 is 14.6 Å². The van der Waals surface area contributed by atoms with Gasteiger partial charge in [-0.05, 0) is 39.0 Å². The van der Waals surface area contributed by atoms with Gasteiger partial charge in [0.1, 0.15) is 11.5 Å². The zero-order chi connectivity index (χ0) is 14.7. The summed E-state index contributed by atoms with van der Waals surface area (Å²) in [6, 6.07) is 6.95. The second-order valence-electron chi connectivity index (χ2n) is 4.58. The largest absolute Gasteiger partial charge is 0.490 e. The van der Waals surface area contributed by atoms with E-state index in [-0.39, 0.29) is 12.0 Å². The van der Waals surface area contributed by atoms with E-state index in [2.05, 4.69) is 26.4 Å². The Balaban J connectivity index is 2.25. The van der Waals surface area contributed by atoms with Crippen molar-refractivity contribution in [2.75, 3.05) is 5.32 Å². The molecule has 0 fully saturated rings. The first-order valence-electron chi connectivity index (χ1n) is 6.16. The molecular formula is C14H15BrN2O3. The highest BCUT2D eigenvalue weighted by Gasteiger charge is 2.16. The van der Waals surface area contributed by atoms with Crippen molar-refractivity contribution in [3.8, 4) is 5.75 Å². The summed E-state index contributed by atoms with van der Waals surface area (Å²) < 4.78 is 11.4. The summed E-state index contributed by atoms with van der Waals surface area (Å²) in [5.74, 6) is 1.24. The number of carbonyl (C=O) groups is 1. The second-order valence-corrected chi connectivity index (χ2v) is 5.50. The number of anilines is 1. The van der Waals surface area contributed by atoms with Gasteiger partial charge in [-0.1, -0.05) is 21.1 Å². The summed E-state index contributed by atoms with van der Waals surface area (Å²) in [7, 11) is 0. The molecule has 20 heavy (non-hydrogen) atoms. The van der Waals surface area contributed by atoms with Crippen molar-refractivity contribution in [3.05, 3.63) is 40.1 Å². The molecule has 2 rings (SSSR count). The molecule has 0 spiro atoms. The number of carbonyl (C=O) groups excluding carboxylic acids is 1. The summed E-state index contributed by atoms with van der Waals surface area (Å²) in [6.07, 6.45) is -0.0166.